The van der Waals surface area contributed by atoms with Gasteiger partial charge >= 0.3 is 0 Å². The van der Waals surface area contributed by atoms with Crippen molar-refractivity contribution in [1.29, 1.82) is 5.26 Å². The summed E-state index contributed by atoms with van der Waals surface area (Å²) in [4.78, 5) is 0. The number of fused-ring (bicyclic) bond motifs is 1. The molecule has 1 N–H and O–H groups in total. The molecule has 1 fully saturated rings. The summed E-state index contributed by atoms with van der Waals surface area (Å²) in [5.41, 5.74) is 3.87. The summed E-state index contributed by atoms with van der Waals surface area (Å²) >= 11 is 12.1. The van der Waals surface area contributed by atoms with Crippen LogP contribution in [0.5, 0.6) is 11.5 Å². The van der Waals surface area contributed by atoms with Crippen LogP contribution >= 0.6 is 23.2 Å². The van der Waals surface area contributed by atoms with Gasteiger partial charge in [-0.1, -0.05) is 17.7 Å². The van der Waals surface area contributed by atoms with Crippen LogP contribution in [0.4, 0.5) is 0 Å². The third kappa shape index (κ3) is 5.75. The van der Waals surface area contributed by atoms with Crippen LogP contribution in [-0.2, 0) is 16.4 Å². The number of nitrogens with one attached hydrogen (secondary N) is 1. The molecule has 0 aliphatic heterocycles. The van der Waals surface area contributed by atoms with Gasteiger partial charge in [-0.3, -0.25) is 0 Å². The van der Waals surface area contributed by atoms with E-state index in [4.69, 9.17) is 32.7 Å². The molecule has 0 bridgehead atoms. The number of alkyl halides is 1. The lowest BCUT2D eigenvalue weighted by Crippen LogP contribution is -2.45. The maximum absolute atomic E-state index is 11.3. The number of sulfonamides is 1. The molecule has 1 atom stereocenters. The monoisotopic (exact) mass is 508 g/mol. The summed E-state index contributed by atoms with van der Waals surface area (Å²) in [6.07, 6.45) is 4.64. The van der Waals surface area contributed by atoms with E-state index < -0.39 is 10.0 Å². The van der Waals surface area contributed by atoms with Crippen LogP contribution in [0.3, 0.4) is 0 Å². The van der Waals surface area contributed by atoms with Crippen molar-refractivity contribution in [1.82, 2.24) is 4.72 Å². The number of aryl methyl sites for hydroxylation is 1. The van der Waals surface area contributed by atoms with Crippen molar-refractivity contribution < 1.29 is 17.9 Å². The highest BCUT2D eigenvalue weighted by Gasteiger charge is 2.32. The molecular weight excluding hydrogens is 483 g/mol. The first kappa shape index (κ1) is 24.2. The number of nitriles is 1. The Morgan fingerprint density at radius 1 is 1.21 bits per heavy atom. The van der Waals surface area contributed by atoms with Gasteiger partial charge < -0.3 is 9.47 Å². The molecule has 2 aromatic carbocycles. The molecule has 33 heavy (non-hydrogen) atoms. The number of nitrogens with zero attached hydrogens (tertiary/aromatic N) is 1. The molecule has 176 valence electrons. The molecule has 0 spiro atoms. The smallest absolute Gasteiger partial charge is 0.208 e. The van der Waals surface area contributed by atoms with Crippen LogP contribution in [0.1, 0.15) is 47.4 Å². The predicted molar refractivity (Wildman–Crippen MR) is 129 cm³/mol. The zero-order chi connectivity index (χ0) is 23.6. The highest BCUT2D eigenvalue weighted by atomic mass is 35.5. The van der Waals surface area contributed by atoms with Crippen molar-refractivity contribution in [3.8, 4) is 17.6 Å². The van der Waals surface area contributed by atoms with Crippen molar-refractivity contribution in [2.24, 2.45) is 5.92 Å². The molecule has 0 saturated heterocycles. The maximum Gasteiger partial charge on any atom is 0.208 e. The van der Waals surface area contributed by atoms with Gasteiger partial charge in [-0.2, -0.15) is 5.26 Å². The Hall–Kier alpha value is -1.98. The van der Waals surface area contributed by atoms with Crippen molar-refractivity contribution in [3.05, 3.63) is 57.6 Å². The van der Waals surface area contributed by atoms with Gasteiger partial charge in [0, 0.05) is 12.0 Å². The van der Waals surface area contributed by atoms with Gasteiger partial charge in [0.05, 0.1) is 29.3 Å². The standard InChI is InChI=1S/C24H26Cl2N2O4S/c1-33(29,30)28-19-8-15(9-19)14-32-20-3-5-21-16(11-20)2-4-22(21)17-10-18(13-27)24(23(26)12-17)31-7-6-25/h3,5,10-12,15,19,22,28H,2,4,6-9,14H2,1H3/t15-,19-,22?. The number of hydrogen-bond donors (Lipinski definition) is 1. The average molecular weight is 509 g/mol. The molecule has 4 rings (SSSR count). The average Bonchev–Trinajstić information content (AvgIpc) is 3.16. The Bertz CT molecular complexity index is 1170. The second-order valence-electron chi connectivity index (χ2n) is 8.72. The highest BCUT2D eigenvalue weighted by molar-refractivity contribution is 7.88. The summed E-state index contributed by atoms with van der Waals surface area (Å²) in [5.74, 6) is 2.05. The van der Waals surface area contributed by atoms with Gasteiger partial charge in [0.15, 0.2) is 5.75 Å². The van der Waals surface area contributed by atoms with Gasteiger partial charge in [-0.15, -0.1) is 11.6 Å². The predicted octanol–water partition coefficient (Wildman–Crippen LogP) is 4.61. The molecule has 9 heteroatoms. The fourth-order valence-corrected chi connectivity index (χ4v) is 5.86. The summed E-state index contributed by atoms with van der Waals surface area (Å²) in [6, 6.07) is 12.1. The van der Waals surface area contributed by atoms with E-state index in [9.17, 15) is 13.7 Å². The first-order valence-corrected chi connectivity index (χ1v) is 13.7. The molecular formula is C24H26Cl2N2O4S. The van der Waals surface area contributed by atoms with E-state index in [-0.39, 0.29) is 12.0 Å². The van der Waals surface area contributed by atoms with E-state index in [0.717, 1.165) is 37.0 Å². The second-order valence-corrected chi connectivity index (χ2v) is 11.3. The number of halogens is 2. The Kier molecular flexibility index (Phi) is 7.40. The maximum atomic E-state index is 11.3. The van der Waals surface area contributed by atoms with Gasteiger partial charge in [0.2, 0.25) is 10.0 Å². The quantitative estimate of drug-likeness (QED) is 0.499. The Morgan fingerprint density at radius 2 is 2.00 bits per heavy atom. The van der Waals surface area contributed by atoms with Crippen molar-refractivity contribution in [2.45, 2.75) is 37.6 Å². The number of ether oxygens (including phenoxy) is 2. The Labute approximate surface area is 204 Å². The lowest BCUT2D eigenvalue weighted by molar-refractivity contribution is 0.152. The second kappa shape index (κ2) is 10.1. The molecule has 0 radical (unpaired) electrons. The number of benzene rings is 2. The fraction of sp³-hybridized carbons (Fsp3) is 0.458. The number of hydrogen-bond acceptors (Lipinski definition) is 5. The molecule has 1 unspecified atom stereocenters. The van der Waals surface area contributed by atoms with E-state index in [0.29, 0.717) is 41.3 Å². The normalized spacial score (nSPS) is 21.7. The SMILES string of the molecule is CS(=O)(=O)N[C@H]1C[C@H](COc2ccc3c(c2)CCC3c2cc(Cl)c(OCCCl)c(C#N)c2)C1. The minimum absolute atomic E-state index is 0.0197. The highest BCUT2D eigenvalue weighted by Crippen LogP contribution is 2.42. The zero-order valence-corrected chi connectivity index (χ0v) is 20.6. The van der Waals surface area contributed by atoms with Gasteiger partial charge in [-0.05, 0) is 72.6 Å². The lowest BCUT2D eigenvalue weighted by Gasteiger charge is -2.34. The van der Waals surface area contributed by atoms with Crippen LogP contribution in [0.15, 0.2) is 30.3 Å². The van der Waals surface area contributed by atoms with Gasteiger partial charge in [0.25, 0.3) is 0 Å². The molecule has 0 aromatic heterocycles. The Morgan fingerprint density at radius 3 is 2.70 bits per heavy atom. The summed E-state index contributed by atoms with van der Waals surface area (Å²) in [5, 5.41) is 9.99. The van der Waals surface area contributed by atoms with E-state index in [2.05, 4.69) is 22.9 Å². The van der Waals surface area contributed by atoms with Crippen LogP contribution < -0.4 is 14.2 Å². The zero-order valence-electron chi connectivity index (χ0n) is 18.3. The lowest BCUT2D eigenvalue weighted by atomic mass is 9.81. The molecule has 0 heterocycles. The summed E-state index contributed by atoms with van der Waals surface area (Å²) < 4.78 is 36.8. The van der Waals surface area contributed by atoms with E-state index >= 15 is 0 Å². The minimum atomic E-state index is -3.15. The molecule has 2 aliphatic rings. The summed E-state index contributed by atoms with van der Waals surface area (Å²) in [6.45, 7) is 0.870. The van der Waals surface area contributed by atoms with Crippen LogP contribution in [0.2, 0.25) is 5.02 Å². The third-order valence-corrected chi connectivity index (χ3v) is 7.40. The van der Waals surface area contributed by atoms with Gasteiger partial charge in [0.1, 0.15) is 18.4 Å². The Balaban J connectivity index is 1.41. The van der Waals surface area contributed by atoms with Gasteiger partial charge in [-0.25, -0.2) is 13.1 Å². The minimum Gasteiger partial charge on any atom is -0.493 e. The van der Waals surface area contributed by atoms with Crippen molar-refractivity contribution in [2.75, 3.05) is 25.3 Å². The molecule has 1 saturated carbocycles. The van der Waals surface area contributed by atoms with Crippen LogP contribution in [-0.4, -0.2) is 39.8 Å². The topological polar surface area (TPSA) is 88.4 Å². The summed E-state index contributed by atoms with van der Waals surface area (Å²) in [7, 11) is -3.15. The molecule has 0 amide bonds. The third-order valence-electron chi connectivity index (χ3n) is 6.21. The van der Waals surface area contributed by atoms with Crippen molar-refractivity contribution >= 4 is 33.2 Å². The molecule has 2 aliphatic carbocycles. The van der Waals surface area contributed by atoms with E-state index in [1.807, 2.05) is 18.2 Å². The molecule has 6 nitrogen and oxygen atoms in total. The van der Waals surface area contributed by atoms with Crippen LogP contribution in [0.25, 0.3) is 0 Å². The van der Waals surface area contributed by atoms with Crippen LogP contribution in [0, 0.1) is 17.2 Å². The first-order valence-electron chi connectivity index (χ1n) is 10.9. The fourth-order valence-electron chi connectivity index (χ4n) is 4.70. The van der Waals surface area contributed by atoms with E-state index in [1.54, 1.807) is 0 Å². The first-order chi connectivity index (χ1) is 15.8. The largest absolute Gasteiger partial charge is 0.493 e. The van der Waals surface area contributed by atoms with Crippen molar-refractivity contribution in [3.63, 3.8) is 0 Å². The molecule has 2 aromatic rings. The number of rotatable bonds is 9. The van der Waals surface area contributed by atoms with E-state index in [1.165, 1.54) is 17.4 Å².